The number of halogens is 2. The van der Waals surface area contributed by atoms with E-state index in [9.17, 15) is 9.59 Å². The molecule has 1 aromatic heterocycles. The summed E-state index contributed by atoms with van der Waals surface area (Å²) in [5.74, 6) is 0.660. The molecule has 0 unspecified atom stereocenters. The smallest absolute Gasteiger partial charge is 0.347 e. The van der Waals surface area contributed by atoms with Gasteiger partial charge in [-0.2, -0.15) is 9.78 Å². The highest BCUT2D eigenvalue weighted by Crippen LogP contribution is 2.43. The van der Waals surface area contributed by atoms with E-state index < -0.39 is 12.1 Å². The summed E-state index contributed by atoms with van der Waals surface area (Å²) >= 11 is 7.12. The second-order valence-corrected chi connectivity index (χ2v) is 9.63. The summed E-state index contributed by atoms with van der Waals surface area (Å²) in [6.45, 7) is 5.79. The van der Waals surface area contributed by atoms with Crippen molar-refractivity contribution in [3.05, 3.63) is 85.5 Å². The van der Waals surface area contributed by atoms with Gasteiger partial charge in [0, 0.05) is 15.6 Å². The Morgan fingerprint density at radius 3 is 2.47 bits per heavy atom. The zero-order chi connectivity index (χ0) is 27.2. The minimum absolute atomic E-state index is 0.249. The van der Waals surface area contributed by atoms with E-state index in [1.54, 1.807) is 44.3 Å². The first-order valence-corrected chi connectivity index (χ1v) is 13.5. The number of carbonyl (C=O) groups is 1. The summed E-state index contributed by atoms with van der Waals surface area (Å²) < 4.78 is 19.2. The predicted molar refractivity (Wildman–Crippen MR) is 154 cm³/mol. The van der Waals surface area contributed by atoms with Gasteiger partial charge in [0.05, 0.1) is 34.8 Å². The van der Waals surface area contributed by atoms with E-state index in [-0.39, 0.29) is 12.2 Å². The van der Waals surface area contributed by atoms with Crippen LogP contribution in [-0.4, -0.2) is 41.2 Å². The topological polar surface area (TPSA) is 92.0 Å². The Kier molecular flexibility index (Phi) is 8.96. The molecular formula is C28H25Br2N3O5. The molecule has 1 heterocycles. The molecule has 0 aliphatic carbocycles. The Bertz CT molecular complexity index is 1550. The molecule has 0 aliphatic heterocycles. The van der Waals surface area contributed by atoms with E-state index in [4.69, 9.17) is 19.2 Å². The molecule has 1 atom stereocenters. The number of fused-ring (bicyclic) bond motifs is 1. The van der Waals surface area contributed by atoms with Crippen LogP contribution >= 0.6 is 31.9 Å². The number of benzene rings is 3. The van der Waals surface area contributed by atoms with E-state index in [1.807, 2.05) is 43.3 Å². The monoisotopic (exact) mass is 641 g/mol. The van der Waals surface area contributed by atoms with E-state index in [1.165, 1.54) is 4.68 Å². The second-order valence-electron chi connectivity index (χ2n) is 8.05. The van der Waals surface area contributed by atoms with Crippen LogP contribution in [-0.2, 0) is 9.53 Å². The van der Waals surface area contributed by atoms with Gasteiger partial charge in [-0.1, -0.05) is 42.5 Å². The molecule has 38 heavy (non-hydrogen) atoms. The normalized spacial score (nSPS) is 12.0. The molecule has 8 nitrogen and oxygen atoms in total. The lowest BCUT2D eigenvalue weighted by Gasteiger charge is -2.19. The molecule has 0 aliphatic rings. The van der Waals surface area contributed by atoms with Gasteiger partial charge in [-0.05, 0) is 70.8 Å². The van der Waals surface area contributed by atoms with Crippen molar-refractivity contribution < 1.29 is 19.0 Å². The molecule has 3 aromatic carbocycles. The van der Waals surface area contributed by atoms with Gasteiger partial charge in [0.25, 0.3) is 5.56 Å². The summed E-state index contributed by atoms with van der Waals surface area (Å²) in [5, 5.41) is 5.00. The molecule has 0 radical (unpaired) electrons. The Labute approximate surface area is 236 Å². The van der Waals surface area contributed by atoms with Gasteiger partial charge >= 0.3 is 5.97 Å². The fourth-order valence-electron chi connectivity index (χ4n) is 3.68. The third-order valence-electron chi connectivity index (χ3n) is 5.47. The van der Waals surface area contributed by atoms with E-state index in [0.29, 0.717) is 49.3 Å². The number of carbonyl (C=O) groups excluding carboxylic acids is 1. The summed E-state index contributed by atoms with van der Waals surface area (Å²) in [6, 6.07) is 18.3. The van der Waals surface area contributed by atoms with Crippen LogP contribution < -0.4 is 15.0 Å². The SMILES string of the molecule is CCOC(=O)[C@H](C)Oc1c(OCC)cc(C=Nn2c(-c3ccccc3)nc3ccccc3c2=O)c(Br)c1Br. The van der Waals surface area contributed by atoms with Crippen molar-refractivity contribution in [3.63, 3.8) is 0 Å². The number of hydrogen-bond donors (Lipinski definition) is 0. The molecule has 0 fully saturated rings. The number of esters is 1. The van der Waals surface area contributed by atoms with Gasteiger partial charge < -0.3 is 14.2 Å². The van der Waals surface area contributed by atoms with Gasteiger partial charge in [-0.3, -0.25) is 4.79 Å². The van der Waals surface area contributed by atoms with Crippen LogP contribution in [0.25, 0.3) is 22.3 Å². The third kappa shape index (κ3) is 5.81. The second kappa shape index (κ2) is 12.4. The fourth-order valence-corrected chi connectivity index (χ4v) is 4.60. The molecule has 196 valence electrons. The number of rotatable bonds is 9. The average Bonchev–Trinajstić information content (AvgIpc) is 2.93. The molecule has 0 saturated heterocycles. The van der Waals surface area contributed by atoms with Crippen molar-refractivity contribution in [2.45, 2.75) is 26.9 Å². The van der Waals surface area contributed by atoms with Crippen LogP contribution in [0.15, 0.2) is 79.5 Å². The summed E-state index contributed by atoms with van der Waals surface area (Å²) in [6.07, 6.45) is 0.688. The van der Waals surface area contributed by atoms with Crippen LogP contribution in [0.5, 0.6) is 11.5 Å². The van der Waals surface area contributed by atoms with E-state index in [0.717, 1.165) is 5.56 Å². The molecule has 0 saturated carbocycles. The maximum absolute atomic E-state index is 13.5. The summed E-state index contributed by atoms with van der Waals surface area (Å²) in [7, 11) is 0. The number of hydrogen-bond acceptors (Lipinski definition) is 7. The van der Waals surface area contributed by atoms with Gasteiger partial charge in [-0.15, -0.1) is 0 Å². The molecule has 0 bridgehead atoms. The van der Waals surface area contributed by atoms with Crippen molar-refractivity contribution in [2.75, 3.05) is 13.2 Å². The molecule has 4 rings (SSSR count). The van der Waals surface area contributed by atoms with Gasteiger partial charge in [0.2, 0.25) is 0 Å². The largest absolute Gasteiger partial charge is 0.490 e. The average molecular weight is 643 g/mol. The molecule has 4 aromatic rings. The number of ether oxygens (including phenoxy) is 3. The quantitative estimate of drug-likeness (QED) is 0.159. The Morgan fingerprint density at radius 2 is 1.76 bits per heavy atom. The zero-order valence-corrected chi connectivity index (χ0v) is 24.2. The lowest BCUT2D eigenvalue weighted by Crippen LogP contribution is -2.26. The van der Waals surface area contributed by atoms with Crippen LogP contribution in [0.2, 0.25) is 0 Å². The minimum Gasteiger partial charge on any atom is -0.490 e. The lowest BCUT2D eigenvalue weighted by molar-refractivity contribution is -0.150. The number of nitrogens with zero attached hydrogens (tertiary/aromatic N) is 3. The predicted octanol–water partition coefficient (Wildman–Crippen LogP) is 6.20. The fraction of sp³-hybridized carbons (Fsp3) is 0.214. The van der Waals surface area contributed by atoms with Crippen LogP contribution in [0.3, 0.4) is 0 Å². The third-order valence-corrected chi connectivity index (χ3v) is 7.61. The molecule has 0 amide bonds. The maximum Gasteiger partial charge on any atom is 0.347 e. The lowest BCUT2D eigenvalue weighted by atomic mass is 10.2. The van der Waals surface area contributed by atoms with Crippen LogP contribution in [0.4, 0.5) is 0 Å². The first kappa shape index (κ1) is 27.5. The van der Waals surface area contributed by atoms with Crippen LogP contribution in [0, 0.1) is 0 Å². The maximum atomic E-state index is 13.5. The van der Waals surface area contributed by atoms with E-state index >= 15 is 0 Å². The standard InChI is InChI=1S/C28H25Br2N3O5/c1-4-36-22-15-19(23(29)24(30)25(22)38-17(3)28(35)37-5-2)16-31-33-26(18-11-7-6-8-12-18)32-21-14-10-9-13-20(21)27(33)34/h6-17H,4-5H2,1-3H3/t17-/m0/s1. The van der Waals surface area contributed by atoms with E-state index in [2.05, 4.69) is 37.0 Å². The van der Waals surface area contributed by atoms with Crippen molar-refractivity contribution in [3.8, 4) is 22.9 Å². The highest BCUT2D eigenvalue weighted by molar-refractivity contribution is 9.13. The molecular weight excluding hydrogens is 618 g/mol. The summed E-state index contributed by atoms with van der Waals surface area (Å²) in [5.41, 5.74) is 1.65. The van der Waals surface area contributed by atoms with Crippen molar-refractivity contribution in [2.24, 2.45) is 5.10 Å². The Morgan fingerprint density at radius 1 is 1.05 bits per heavy atom. The number of para-hydroxylation sites is 1. The molecule has 10 heteroatoms. The highest BCUT2D eigenvalue weighted by Gasteiger charge is 2.23. The Balaban J connectivity index is 1.82. The molecule has 0 spiro atoms. The Hall–Kier alpha value is -3.50. The minimum atomic E-state index is -0.854. The highest BCUT2D eigenvalue weighted by atomic mass is 79.9. The number of aromatic nitrogens is 2. The van der Waals surface area contributed by atoms with Crippen LogP contribution in [0.1, 0.15) is 26.3 Å². The zero-order valence-electron chi connectivity index (χ0n) is 21.0. The van der Waals surface area contributed by atoms with Crippen molar-refractivity contribution >= 4 is 54.9 Å². The van der Waals surface area contributed by atoms with Gasteiger partial charge in [-0.25, -0.2) is 9.78 Å². The van der Waals surface area contributed by atoms with Gasteiger partial charge in [0.1, 0.15) is 0 Å². The van der Waals surface area contributed by atoms with Crippen molar-refractivity contribution in [1.29, 1.82) is 0 Å². The first-order valence-electron chi connectivity index (χ1n) is 11.9. The molecule has 0 N–H and O–H groups in total. The van der Waals surface area contributed by atoms with Gasteiger partial charge in [0.15, 0.2) is 23.4 Å². The van der Waals surface area contributed by atoms with Crippen molar-refractivity contribution in [1.82, 2.24) is 9.66 Å². The summed E-state index contributed by atoms with van der Waals surface area (Å²) in [4.78, 5) is 30.3. The first-order chi connectivity index (χ1) is 18.3.